The Morgan fingerprint density at radius 3 is 2.45 bits per heavy atom. The SMILES string of the molecule is C[C@H]1CCCN1Cc1cc(C(F)(F)F)c2cn(C3CCCC(C(C4CCC4)C4NNCN4C)C3)c(=O)n2c1. The number of halogens is 3. The van der Waals surface area contributed by atoms with Crippen LogP contribution in [0.3, 0.4) is 0 Å². The van der Waals surface area contributed by atoms with Gasteiger partial charge in [0.15, 0.2) is 0 Å². The predicted molar refractivity (Wildman–Crippen MR) is 140 cm³/mol. The minimum Gasteiger partial charge on any atom is -0.296 e. The topological polar surface area (TPSA) is 57.0 Å². The molecule has 0 aromatic carbocycles. The lowest BCUT2D eigenvalue weighted by atomic mass is 9.65. The van der Waals surface area contributed by atoms with Crippen LogP contribution in [0.1, 0.15) is 81.9 Å². The Balaban J connectivity index is 1.32. The summed E-state index contributed by atoms with van der Waals surface area (Å²) in [6, 6.07) is 1.52. The number of nitrogens with zero attached hydrogens (tertiary/aromatic N) is 4. The highest BCUT2D eigenvalue weighted by molar-refractivity contribution is 5.56. The van der Waals surface area contributed by atoms with Gasteiger partial charge in [-0.15, -0.1) is 0 Å². The first-order valence-corrected chi connectivity index (χ1v) is 14.5. The Labute approximate surface area is 222 Å². The van der Waals surface area contributed by atoms with Gasteiger partial charge in [0.25, 0.3) is 0 Å². The predicted octanol–water partition coefficient (Wildman–Crippen LogP) is 4.57. The second kappa shape index (κ2) is 10.3. The van der Waals surface area contributed by atoms with Crippen LogP contribution < -0.4 is 16.5 Å². The number of fused-ring (bicyclic) bond motifs is 1. The van der Waals surface area contributed by atoms with Crippen molar-refractivity contribution >= 4 is 5.52 Å². The van der Waals surface area contributed by atoms with Crippen molar-refractivity contribution in [3.05, 3.63) is 40.1 Å². The van der Waals surface area contributed by atoms with E-state index in [1.165, 1.54) is 35.9 Å². The highest BCUT2D eigenvalue weighted by Crippen LogP contribution is 2.47. The number of alkyl halides is 3. The molecule has 2 aromatic rings. The standard InChI is InChI=1S/C28H41F3N6O/c1-18-6-5-11-35(18)14-19-12-23(28(29,30)31)24-16-36(27(38)37(24)15-19)22-10-4-9-21(13-22)25(20-7-3-8-20)26-33-32-17-34(26)2/h12,15-16,18,20-22,25-26,32-33H,3-11,13-14,17H2,1-2H3/t18-,21?,22?,25?,26?/m0/s1. The maximum absolute atomic E-state index is 14.2. The van der Waals surface area contributed by atoms with Crippen LogP contribution in [0.4, 0.5) is 13.2 Å². The van der Waals surface area contributed by atoms with Crippen LogP contribution >= 0.6 is 0 Å². The number of hydrazine groups is 1. The number of likely N-dealkylation sites (tertiary alicyclic amines) is 1. The Kier molecular flexibility index (Phi) is 7.12. The first-order valence-electron chi connectivity index (χ1n) is 14.5. The second-order valence-corrected chi connectivity index (χ2v) is 12.3. The van der Waals surface area contributed by atoms with Gasteiger partial charge in [0.05, 0.1) is 23.9 Å². The molecule has 0 radical (unpaired) electrons. The van der Waals surface area contributed by atoms with Crippen LogP contribution in [-0.4, -0.2) is 51.2 Å². The summed E-state index contributed by atoms with van der Waals surface area (Å²) in [5.41, 5.74) is 6.22. The van der Waals surface area contributed by atoms with E-state index in [0.717, 1.165) is 51.7 Å². The molecule has 2 N–H and O–H groups in total. The number of imidazole rings is 1. The van der Waals surface area contributed by atoms with Gasteiger partial charge < -0.3 is 0 Å². The van der Waals surface area contributed by atoms with Crippen molar-refractivity contribution < 1.29 is 13.2 Å². The van der Waals surface area contributed by atoms with Gasteiger partial charge in [0.2, 0.25) is 0 Å². The Morgan fingerprint density at radius 2 is 1.82 bits per heavy atom. The highest BCUT2D eigenvalue weighted by atomic mass is 19.4. The average Bonchev–Trinajstić information content (AvgIpc) is 3.55. The third kappa shape index (κ3) is 4.82. The molecule has 210 valence electrons. The molecule has 5 atom stereocenters. The number of hydrogen-bond donors (Lipinski definition) is 2. The first kappa shape index (κ1) is 26.3. The number of hydrogen-bond acceptors (Lipinski definition) is 5. The van der Waals surface area contributed by atoms with Crippen LogP contribution in [0, 0.1) is 17.8 Å². The molecule has 2 aromatic heterocycles. The third-order valence-electron chi connectivity index (χ3n) is 9.97. The summed E-state index contributed by atoms with van der Waals surface area (Å²) in [5, 5.41) is 0. The Bertz CT molecular complexity index is 1200. The largest absolute Gasteiger partial charge is 0.418 e. The molecule has 0 spiro atoms. The van der Waals surface area contributed by atoms with E-state index in [0.29, 0.717) is 35.9 Å². The molecule has 6 rings (SSSR count). The van der Waals surface area contributed by atoms with Gasteiger partial charge in [-0.25, -0.2) is 15.6 Å². The summed E-state index contributed by atoms with van der Waals surface area (Å²) in [5.74, 6) is 1.57. The lowest BCUT2D eigenvalue weighted by Gasteiger charge is -2.46. The van der Waals surface area contributed by atoms with Gasteiger partial charge in [-0.2, -0.15) is 13.2 Å². The van der Waals surface area contributed by atoms with Crippen LogP contribution in [-0.2, 0) is 12.7 Å². The summed E-state index contributed by atoms with van der Waals surface area (Å²) in [7, 11) is 2.13. The average molecular weight is 535 g/mol. The first-order chi connectivity index (χ1) is 18.2. The van der Waals surface area contributed by atoms with Gasteiger partial charge in [-0.1, -0.05) is 25.7 Å². The number of rotatable bonds is 6. The molecule has 4 unspecified atom stereocenters. The highest BCUT2D eigenvalue weighted by Gasteiger charge is 2.44. The molecule has 0 amide bonds. The zero-order valence-electron chi connectivity index (χ0n) is 22.5. The van der Waals surface area contributed by atoms with E-state index < -0.39 is 11.7 Å². The van der Waals surface area contributed by atoms with Crippen LogP contribution in [0.25, 0.3) is 5.52 Å². The zero-order valence-corrected chi connectivity index (χ0v) is 22.5. The molecule has 38 heavy (non-hydrogen) atoms. The van der Waals surface area contributed by atoms with Crippen molar-refractivity contribution in [2.75, 3.05) is 20.3 Å². The number of nitrogens with one attached hydrogen (secondary N) is 2. The van der Waals surface area contributed by atoms with E-state index in [9.17, 15) is 18.0 Å². The molecule has 2 aliphatic heterocycles. The molecule has 2 saturated heterocycles. The van der Waals surface area contributed by atoms with Crippen molar-refractivity contribution in [3.8, 4) is 0 Å². The molecular weight excluding hydrogens is 493 g/mol. The fourth-order valence-corrected chi connectivity index (χ4v) is 7.70. The van der Waals surface area contributed by atoms with E-state index in [1.54, 1.807) is 10.8 Å². The van der Waals surface area contributed by atoms with Gasteiger partial charge in [0, 0.05) is 31.0 Å². The van der Waals surface area contributed by atoms with Crippen LogP contribution in [0.5, 0.6) is 0 Å². The molecule has 2 aliphatic carbocycles. The molecule has 7 nitrogen and oxygen atoms in total. The summed E-state index contributed by atoms with van der Waals surface area (Å²) < 4.78 is 45.6. The molecule has 10 heteroatoms. The second-order valence-electron chi connectivity index (χ2n) is 12.3. The van der Waals surface area contributed by atoms with Crippen molar-refractivity contribution in [1.29, 1.82) is 0 Å². The summed E-state index contributed by atoms with van der Waals surface area (Å²) in [6.45, 7) is 4.22. The molecule has 2 saturated carbocycles. The van der Waals surface area contributed by atoms with Gasteiger partial charge >= 0.3 is 11.9 Å². The van der Waals surface area contributed by atoms with Crippen LogP contribution in [0.2, 0.25) is 0 Å². The van der Waals surface area contributed by atoms with E-state index in [-0.39, 0.29) is 23.4 Å². The monoisotopic (exact) mass is 534 g/mol. The summed E-state index contributed by atoms with van der Waals surface area (Å²) >= 11 is 0. The number of aromatic nitrogens is 2. The van der Waals surface area contributed by atoms with E-state index in [4.69, 9.17) is 0 Å². The molecule has 0 bridgehead atoms. The lowest BCUT2D eigenvalue weighted by molar-refractivity contribution is -0.136. The number of pyridine rings is 1. The van der Waals surface area contributed by atoms with E-state index in [1.807, 2.05) is 0 Å². The Morgan fingerprint density at radius 1 is 1.05 bits per heavy atom. The van der Waals surface area contributed by atoms with Gasteiger partial charge in [0.1, 0.15) is 0 Å². The quantitative estimate of drug-likeness (QED) is 0.569. The maximum atomic E-state index is 14.2. The van der Waals surface area contributed by atoms with E-state index in [2.05, 4.69) is 34.6 Å². The van der Waals surface area contributed by atoms with Crippen molar-refractivity contribution in [3.63, 3.8) is 0 Å². The maximum Gasteiger partial charge on any atom is 0.418 e. The van der Waals surface area contributed by atoms with Crippen molar-refractivity contribution in [2.24, 2.45) is 17.8 Å². The lowest BCUT2D eigenvalue weighted by Crippen LogP contribution is -2.50. The molecule has 4 aliphatic rings. The minimum atomic E-state index is -4.52. The Hall–Kier alpha value is -1.88. The zero-order chi connectivity index (χ0) is 26.6. The molecular formula is C28H41F3N6O. The normalized spacial score (nSPS) is 30.8. The molecule has 4 heterocycles. The fraction of sp³-hybridized carbons (Fsp3) is 0.750. The summed E-state index contributed by atoms with van der Waals surface area (Å²) in [4.78, 5) is 18.2. The summed E-state index contributed by atoms with van der Waals surface area (Å²) in [6.07, 6.45) is 8.48. The van der Waals surface area contributed by atoms with Crippen LogP contribution in [0.15, 0.2) is 23.3 Å². The smallest absolute Gasteiger partial charge is 0.296 e. The van der Waals surface area contributed by atoms with E-state index >= 15 is 0 Å². The minimum absolute atomic E-state index is 0.0280. The fourth-order valence-electron chi connectivity index (χ4n) is 7.70. The molecule has 4 fully saturated rings. The van der Waals surface area contributed by atoms with Gasteiger partial charge in [-0.05, 0) is 82.0 Å². The van der Waals surface area contributed by atoms with Crippen molar-refractivity contribution in [2.45, 2.75) is 95.7 Å². The van der Waals surface area contributed by atoms with Crippen molar-refractivity contribution in [1.82, 2.24) is 29.6 Å². The van der Waals surface area contributed by atoms with Gasteiger partial charge in [-0.3, -0.25) is 18.8 Å². The third-order valence-corrected chi connectivity index (χ3v) is 9.97.